The summed E-state index contributed by atoms with van der Waals surface area (Å²) in [5.41, 5.74) is -1.29. The van der Waals surface area contributed by atoms with Crippen molar-refractivity contribution in [3.63, 3.8) is 0 Å². The van der Waals surface area contributed by atoms with Crippen LogP contribution >= 0.6 is 0 Å². The topological polar surface area (TPSA) is 37.3 Å². The van der Waals surface area contributed by atoms with E-state index in [0.717, 1.165) is 12.1 Å². The summed E-state index contributed by atoms with van der Waals surface area (Å²) >= 11 is 0. The molecule has 0 fully saturated rings. The molecule has 2 nitrogen and oxygen atoms in total. The first-order chi connectivity index (χ1) is 8.07. The second-order valence-electron chi connectivity index (χ2n) is 3.41. The number of aromatic carboxylic acids is 1. The van der Waals surface area contributed by atoms with E-state index >= 15 is 0 Å². The quantitative estimate of drug-likeness (QED) is 0.854. The van der Waals surface area contributed by atoms with Crippen molar-refractivity contribution >= 4 is 5.97 Å². The van der Waals surface area contributed by atoms with Crippen LogP contribution in [-0.2, 0) is 0 Å². The third-order valence-corrected chi connectivity index (χ3v) is 2.15. The van der Waals surface area contributed by atoms with Gasteiger partial charge in [0.05, 0.1) is 5.56 Å². The molecule has 0 saturated carbocycles. The maximum atomic E-state index is 13.1. The summed E-state index contributed by atoms with van der Waals surface area (Å²) in [6, 6.07) is 2.65. The Morgan fingerprint density at radius 3 is 1.83 bits per heavy atom. The molecular formula is C10H6F6O2. The second kappa shape index (κ2) is 4.51. The predicted octanol–water partition coefficient (Wildman–Crippen LogP) is 3.59. The van der Waals surface area contributed by atoms with Crippen LogP contribution in [0.2, 0.25) is 0 Å². The van der Waals surface area contributed by atoms with Crippen molar-refractivity contribution in [1.29, 1.82) is 0 Å². The number of alkyl halides is 6. The Labute approximate surface area is 96.8 Å². The van der Waals surface area contributed by atoms with Crippen LogP contribution in [0.4, 0.5) is 26.3 Å². The van der Waals surface area contributed by atoms with Crippen molar-refractivity contribution in [3.05, 3.63) is 35.4 Å². The van der Waals surface area contributed by atoms with E-state index in [1.165, 1.54) is 0 Å². The fraction of sp³-hybridized carbons (Fsp3) is 0.300. The van der Waals surface area contributed by atoms with Crippen molar-refractivity contribution in [3.8, 4) is 0 Å². The van der Waals surface area contributed by atoms with E-state index in [9.17, 15) is 31.1 Å². The van der Waals surface area contributed by atoms with Gasteiger partial charge in [-0.25, -0.2) is 9.18 Å². The lowest BCUT2D eigenvalue weighted by Gasteiger charge is -2.23. The number of carbonyl (C=O) groups is 1. The highest BCUT2D eigenvalue weighted by Crippen LogP contribution is 2.46. The van der Waals surface area contributed by atoms with Gasteiger partial charge in [-0.05, 0) is 17.7 Å². The number of benzene rings is 1. The lowest BCUT2D eigenvalue weighted by Crippen LogP contribution is -2.40. The monoisotopic (exact) mass is 272 g/mol. The predicted molar refractivity (Wildman–Crippen MR) is 48.3 cm³/mol. The van der Waals surface area contributed by atoms with Gasteiger partial charge in [0, 0.05) is 0 Å². The number of carboxylic acids is 1. The number of rotatable bonds is 3. The largest absolute Gasteiger partial charge is 0.478 e. The molecule has 0 spiro atoms. The smallest absolute Gasteiger partial charge is 0.456 e. The molecular weight excluding hydrogens is 266 g/mol. The first-order valence-electron chi connectivity index (χ1n) is 4.49. The van der Waals surface area contributed by atoms with Gasteiger partial charge in [0.1, 0.15) is 0 Å². The molecule has 1 N–H and O–H groups in total. The molecule has 1 rings (SSSR count). The number of carboxylic acid groups (broad SMARTS) is 1. The van der Waals surface area contributed by atoms with Crippen molar-refractivity contribution in [2.45, 2.75) is 18.3 Å². The zero-order valence-electron chi connectivity index (χ0n) is 8.51. The molecule has 100 valence electrons. The highest BCUT2D eigenvalue weighted by molar-refractivity contribution is 5.87. The summed E-state index contributed by atoms with van der Waals surface area (Å²) in [6.07, 6.45) is -9.60. The summed E-state index contributed by atoms with van der Waals surface area (Å²) in [5, 5.41) is 8.48. The molecule has 18 heavy (non-hydrogen) atoms. The minimum atomic E-state index is -6.02. The van der Waals surface area contributed by atoms with Gasteiger partial charge in [0.25, 0.3) is 0 Å². The zero-order valence-corrected chi connectivity index (χ0v) is 8.51. The van der Waals surface area contributed by atoms with Crippen LogP contribution in [0.1, 0.15) is 22.1 Å². The molecule has 0 radical (unpaired) electrons. The Morgan fingerprint density at radius 2 is 1.50 bits per heavy atom. The van der Waals surface area contributed by atoms with E-state index in [-0.39, 0.29) is 5.56 Å². The van der Waals surface area contributed by atoms with Gasteiger partial charge in [-0.1, -0.05) is 12.1 Å². The van der Waals surface area contributed by atoms with E-state index in [1.54, 1.807) is 0 Å². The molecule has 1 unspecified atom stereocenters. The molecule has 8 heteroatoms. The molecule has 1 atom stereocenters. The van der Waals surface area contributed by atoms with Gasteiger partial charge in [-0.15, -0.1) is 0 Å². The third kappa shape index (κ3) is 2.57. The summed E-state index contributed by atoms with van der Waals surface area (Å²) in [5.74, 6) is -6.93. The van der Waals surface area contributed by atoms with Gasteiger partial charge in [0.15, 0.2) is 6.17 Å². The second-order valence-corrected chi connectivity index (χ2v) is 3.41. The van der Waals surface area contributed by atoms with E-state index in [2.05, 4.69) is 0 Å². The lowest BCUT2D eigenvalue weighted by atomic mass is 10.0. The minimum absolute atomic E-state index is 0.346. The molecule has 0 amide bonds. The van der Waals surface area contributed by atoms with Crippen molar-refractivity contribution in [2.24, 2.45) is 0 Å². The molecule has 0 saturated heterocycles. The molecule has 0 heterocycles. The first-order valence-corrected chi connectivity index (χ1v) is 4.49. The molecule has 0 aliphatic carbocycles. The van der Waals surface area contributed by atoms with Gasteiger partial charge < -0.3 is 5.11 Å². The van der Waals surface area contributed by atoms with Crippen LogP contribution in [0.3, 0.4) is 0 Å². The van der Waals surface area contributed by atoms with Crippen molar-refractivity contribution < 1.29 is 36.2 Å². The molecule has 0 bridgehead atoms. The van der Waals surface area contributed by atoms with Crippen LogP contribution in [0.25, 0.3) is 0 Å². The van der Waals surface area contributed by atoms with Crippen LogP contribution in [0.15, 0.2) is 24.3 Å². The molecule has 1 aromatic carbocycles. The van der Waals surface area contributed by atoms with E-state index < -0.39 is 29.8 Å². The van der Waals surface area contributed by atoms with Crippen molar-refractivity contribution in [2.75, 3.05) is 0 Å². The van der Waals surface area contributed by atoms with Crippen molar-refractivity contribution in [1.82, 2.24) is 0 Å². The SMILES string of the molecule is O=C(O)c1ccc(C(F)C(F)(F)C(F)(F)F)cc1. The first kappa shape index (κ1) is 14.3. The van der Waals surface area contributed by atoms with E-state index in [0.29, 0.717) is 12.1 Å². The Morgan fingerprint density at radius 1 is 1.06 bits per heavy atom. The van der Waals surface area contributed by atoms with Crippen LogP contribution in [0.5, 0.6) is 0 Å². The van der Waals surface area contributed by atoms with Gasteiger partial charge in [0.2, 0.25) is 0 Å². The Bertz CT molecular complexity index is 437. The Balaban J connectivity index is 3.04. The van der Waals surface area contributed by atoms with Crippen LogP contribution in [-0.4, -0.2) is 23.2 Å². The summed E-state index contributed by atoms with van der Waals surface area (Å²) in [4.78, 5) is 10.4. The average Bonchev–Trinajstić information content (AvgIpc) is 2.26. The Hall–Kier alpha value is -1.73. The maximum Gasteiger partial charge on any atom is 0.456 e. The highest BCUT2D eigenvalue weighted by Gasteiger charge is 2.63. The fourth-order valence-electron chi connectivity index (χ4n) is 1.15. The van der Waals surface area contributed by atoms with Crippen LogP contribution < -0.4 is 0 Å². The highest BCUT2D eigenvalue weighted by atomic mass is 19.4. The summed E-state index contributed by atoms with van der Waals surface area (Å²) in [6.45, 7) is 0. The zero-order chi connectivity index (χ0) is 14.1. The number of hydrogen-bond acceptors (Lipinski definition) is 1. The molecule has 0 aliphatic heterocycles. The summed E-state index contributed by atoms with van der Waals surface area (Å²) in [7, 11) is 0. The maximum absolute atomic E-state index is 13.1. The minimum Gasteiger partial charge on any atom is -0.478 e. The fourth-order valence-corrected chi connectivity index (χ4v) is 1.15. The van der Waals surface area contributed by atoms with Crippen LogP contribution in [0, 0.1) is 0 Å². The van der Waals surface area contributed by atoms with E-state index in [1.807, 2.05) is 0 Å². The van der Waals surface area contributed by atoms with Gasteiger partial charge in [-0.2, -0.15) is 22.0 Å². The number of hydrogen-bond donors (Lipinski definition) is 1. The molecule has 0 aliphatic rings. The lowest BCUT2D eigenvalue weighted by molar-refractivity contribution is -0.305. The third-order valence-electron chi connectivity index (χ3n) is 2.15. The van der Waals surface area contributed by atoms with E-state index in [4.69, 9.17) is 5.11 Å². The average molecular weight is 272 g/mol. The summed E-state index contributed by atoms with van der Waals surface area (Å²) < 4.78 is 74.1. The standard InChI is InChI=1S/C10H6F6O2/c11-7(9(12,13)10(14,15)16)5-1-3-6(4-2-5)8(17)18/h1-4,7H,(H,17,18). The Kier molecular flexibility index (Phi) is 3.59. The number of halogens is 6. The normalized spacial score (nSPS) is 14.3. The molecule has 0 aromatic heterocycles. The molecule has 1 aromatic rings. The van der Waals surface area contributed by atoms with Gasteiger partial charge in [-0.3, -0.25) is 0 Å². The van der Waals surface area contributed by atoms with Gasteiger partial charge >= 0.3 is 18.1 Å².